The van der Waals surface area contributed by atoms with Gasteiger partial charge < -0.3 is 0 Å². The average Bonchev–Trinajstić information content (AvgIpc) is 2.47. The zero-order chi connectivity index (χ0) is 11.8. The zero-order valence-electron chi connectivity index (χ0n) is 10.3. The Hall–Kier alpha value is -0.380. The lowest BCUT2D eigenvalue weighted by atomic mass is 9.82. The quantitative estimate of drug-likeness (QED) is 0.450. The van der Waals surface area contributed by atoms with Crippen molar-refractivity contribution in [1.29, 1.82) is 0 Å². The average molecular weight is 328 g/mol. The molecule has 0 aliphatic carbocycles. The maximum atomic E-state index is 2.49. The number of hydrogen-bond acceptors (Lipinski definition) is 0. The molecule has 0 saturated heterocycles. The molecule has 0 N–H and O–H groups in total. The molecule has 2 rings (SSSR count). The maximum Gasteiger partial charge on any atom is 0.209 e. The molecule has 0 spiro atoms. The van der Waals surface area contributed by atoms with E-state index in [-0.39, 0.29) is 5.41 Å². The molecule has 1 aromatic carbocycles. The summed E-state index contributed by atoms with van der Waals surface area (Å²) in [6, 6.07) is 8.81. The highest BCUT2D eigenvalue weighted by Gasteiger charge is 2.42. The SMILES string of the molecule is CC1=[N+](CCCI)c2ccccc2C1(C)C. The highest BCUT2D eigenvalue weighted by molar-refractivity contribution is 14.1. The van der Waals surface area contributed by atoms with Crippen LogP contribution in [-0.4, -0.2) is 21.3 Å². The van der Waals surface area contributed by atoms with Crippen LogP contribution in [0.25, 0.3) is 0 Å². The van der Waals surface area contributed by atoms with Crippen molar-refractivity contribution in [1.82, 2.24) is 0 Å². The molecule has 0 saturated carbocycles. The van der Waals surface area contributed by atoms with Gasteiger partial charge in [-0.05, 0) is 13.8 Å². The van der Waals surface area contributed by atoms with Crippen LogP contribution in [0.3, 0.4) is 0 Å². The highest BCUT2D eigenvalue weighted by atomic mass is 127. The fourth-order valence-electron chi connectivity index (χ4n) is 2.46. The predicted octanol–water partition coefficient (Wildman–Crippen LogP) is 3.91. The van der Waals surface area contributed by atoms with Crippen LogP contribution < -0.4 is 0 Å². The molecule has 1 aliphatic heterocycles. The summed E-state index contributed by atoms with van der Waals surface area (Å²) in [4.78, 5) is 0. The van der Waals surface area contributed by atoms with Crippen molar-refractivity contribution < 1.29 is 4.58 Å². The summed E-state index contributed by atoms with van der Waals surface area (Å²) in [7, 11) is 0. The molecule has 0 radical (unpaired) electrons. The monoisotopic (exact) mass is 328 g/mol. The summed E-state index contributed by atoms with van der Waals surface area (Å²) in [6.07, 6.45) is 1.25. The van der Waals surface area contributed by atoms with Gasteiger partial charge in [0.15, 0.2) is 5.71 Å². The van der Waals surface area contributed by atoms with Crippen LogP contribution in [-0.2, 0) is 5.41 Å². The summed E-state index contributed by atoms with van der Waals surface area (Å²) in [5.41, 5.74) is 4.57. The molecule has 2 heteroatoms. The molecule has 1 aliphatic rings. The summed E-state index contributed by atoms with van der Waals surface area (Å²) >= 11 is 2.45. The van der Waals surface area contributed by atoms with E-state index >= 15 is 0 Å². The Labute approximate surface area is 112 Å². The van der Waals surface area contributed by atoms with Gasteiger partial charge in [0, 0.05) is 29.4 Å². The third-order valence-electron chi connectivity index (χ3n) is 3.69. The number of alkyl halides is 1. The van der Waals surface area contributed by atoms with Crippen molar-refractivity contribution in [2.24, 2.45) is 0 Å². The molecule has 0 fully saturated rings. The van der Waals surface area contributed by atoms with Gasteiger partial charge in [-0.3, -0.25) is 0 Å². The first-order chi connectivity index (χ1) is 7.59. The van der Waals surface area contributed by atoms with Crippen molar-refractivity contribution in [3.05, 3.63) is 29.8 Å². The fourth-order valence-corrected chi connectivity index (χ4v) is 2.80. The third kappa shape index (κ3) is 1.81. The lowest BCUT2D eigenvalue weighted by Gasteiger charge is -2.14. The Bertz CT molecular complexity index is 432. The zero-order valence-corrected chi connectivity index (χ0v) is 12.4. The van der Waals surface area contributed by atoms with Gasteiger partial charge in [-0.15, -0.1) is 0 Å². The molecule has 0 atom stereocenters. The number of nitrogens with zero attached hydrogens (tertiary/aromatic N) is 1. The van der Waals surface area contributed by atoms with E-state index < -0.39 is 0 Å². The van der Waals surface area contributed by atoms with Crippen molar-refractivity contribution in [2.75, 3.05) is 11.0 Å². The predicted molar refractivity (Wildman–Crippen MR) is 78.4 cm³/mol. The lowest BCUT2D eigenvalue weighted by molar-refractivity contribution is -0.438. The van der Waals surface area contributed by atoms with Crippen LogP contribution in [0.5, 0.6) is 0 Å². The van der Waals surface area contributed by atoms with Gasteiger partial charge in [-0.1, -0.05) is 40.8 Å². The third-order valence-corrected chi connectivity index (χ3v) is 4.46. The van der Waals surface area contributed by atoms with Crippen molar-refractivity contribution >= 4 is 34.0 Å². The molecule has 16 heavy (non-hydrogen) atoms. The van der Waals surface area contributed by atoms with Gasteiger partial charge in [0.05, 0.1) is 5.41 Å². The van der Waals surface area contributed by atoms with E-state index in [4.69, 9.17) is 0 Å². The Morgan fingerprint density at radius 1 is 1.25 bits per heavy atom. The summed E-state index contributed by atoms with van der Waals surface area (Å²) in [6.45, 7) is 8.07. The number of rotatable bonds is 3. The van der Waals surface area contributed by atoms with Crippen LogP contribution >= 0.6 is 22.6 Å². The van der Waals surface area contributed by atoms with E-state index in [9.17, 15) is 0 Å². The van der Waals surface area contributed by atoms with E-state index in [1.165, 1.54) is 27.8 Å². The Balaban J connectivity index is 2.47. The highest BCUT2D eigenvalue weighted by Crippen LogP contribution is 2.39. The minimum Gasteiger partial charge on any atom is -0.199 e. The largest absolute Gasteiger partial charge is 0.209 e. The first-order valence-electron chi connectivity index (χ1n) is 5.86. The lowest BCUT2D eigenvalue weighted by Crippen LogP contribution is -2.26. The maximum absolute atomic E-state index is 2.49. The summed E-state index contributed by atoms with van der Waals surface area (Å²) in [5, 5.41) is 0. The minimum absolute atomic E-state index is 0.196. The number of hydrogen-bond donors (Lipinski definition) is 0. The van der Waals surface area contributed by atoms with Crippen LogP contribution in [0.4, 0.5) is 5.69 Å². The van der Waals surface area contributed by atoms with E-state index in [0.717, 1.165) is 6.54 Å². The normalized spacial score (nSPS) is 17.8. The Morgan fingerprint density at radius 3 is 2.62 bits per heavy atom. The second-order valence-corrected chi connectivity index (χ2v) is 6.00. The molecule has 1 nitrogen and oxygen atoms in total. The van der Waals surface area contributed by atoms with Gasteiger partial charge in [0.2, 0.25) is 5.69 Å². The van der Waals surface area contributed by atoms with E-state index in [0.29, 0.717) is 0 Å². The summed E-state index contributed by atoms with van der Waals surface area (Å²) < 4.78 is 3.72. The van der Waals surface area contributed by atoms with Gasteiger partial charge in [0.25, 0.3) is 0 Å². The number of benzene rings is 1. The minimum atomic E-state index is 0.196. The summed E-state index contributed by atoms with van der Waals surface area (Å²) in [5.74, 6) is 0. The second kappa shape index (κ2) is 4.47. The van der Waals surface area contributed by atoms with Crippen molar-refractivity contribution in [3.63, 3.8) is 0 Å². The van der Waals surface area contributed by atoms with Crippen LogP contribution in [0.15, 0.2) is 24.3 Å². The molecular weight excluding hydrogens is 309 g/mol. The molecule has 0 unspecified atom stereocenters. The molecule has 0 aromatic heterocycles. The van der Waals surface area contributed by atoms with E-state index in [1.807, 2.05) is 0 Å². The smallest absolute Gasteiger partial charge is 0.199 e. The standard InChI is InChI=1S/C14H19IN/c1-11-14(2,3)12-7-4-5-8-13(12)16(11)10-6-9-15/h4-5,7-8H,6,9-10H2,1-3H3/q+1. The van der Waals surface area contributed by atoms with Gasteiger partial charge >= 0.3 is 0 Å². The van der Waals surface area contributed by atoms with Gasteiger partial charge in [-0.2, -0.15) is 4.58 Å². The van der Waals surface area contributed by atoms with E-state index in [1.54, 1.807) is 0 Å². The van der Waals surface area contributed by atoms with Crippen LogP contribution in [0.2, 0.25) is 0 Å². The van der Waals surface area contributed by atoms with Gasteiger partial charge in [0.1, 0.15) is 6.54 Å². The number of fused-ring (bicyclic) bond motifs is 1. The van der Waals surface area contributed by atoms with Crippen molar-refractivity contribution in [2.45, 2.75) is 32.6 Å². The first-order valence-corrected chi connectivity index (χ1v) is 7.38. The number of para-hydroxylation sites is 1. The van der Waals surface area contributed by atoms with Crippen LogP contribution in [0, 0.1) is 0 Å². The topological polar surface area (TPSA) is 3.01 Å². The molecular formula is C14H19IN+. The van der Waals surface area contributed by atoms with Crippen molar-refractivity contribution in [3.8, 4) is 0 Å². The molecule has 0 bridgehead atoms. The molecule has 1 aromatic rings. The second-order valence-electron chi connectivity index (χ2n) is 4.92. The molecule has 86 valence electrons. The van der Waals surface area contributed by atoms with Gasteiger partial charge in [-0.25, -0.2) is 0 Å². The Kier molecular flexibility index (Phi) is 3.38. The first kappa shape index (κ1) is 12.1. The van der Waals surface area contributed by atoms with Crippen LogP contribution in [0.1, 0.15) is 32.8 Å². The number of halogens is 1. The Morgan fingerprint density at radius 2 is 1.94 bits per heavy atom. The van der Waals surface area contributed by atoms with E-state index in [2.05, 4.69) is 72.2 Å². The molecule has 1 heterocycles. The molecule has 0 amide bonds. The fraction of sp³-hybridized carbons (Fsp3) is 0.500.